The van der Waals surface area contributed by atoms with Gasteiger partial charge < -0.3 is 20.0 Å². The maximum atomic E-state index is 12.7. The molecule has 0 saturated carbocycles. The third-order valence-corrected chi connectivity index (χ3v) is 4.79. The molecule has 1 heterocycles. The van der Waals surface area contributed by atoms with E-state index in [4.69, 9.17) is 4.84 Å². The van der Waals surface area contributed by atoms with Crippen LogP contribution < -0.4 is 10.2 Å². The Morgan fingerprint density at radius 2 is 1.83 bits per heavy atom. The lowest BCUT2D eigenvalue weighted by atomic mass is 10.0. The highest BCUT2D eigenvalue weighted by atomic mass is 16.6. The van der Waals surface area contributed by atoms with Gasteiger partial charge in [0, 0.05) is 38.8 Å². The quantitative estimate of drug-likeness (QED) is 0.776. The molecular weight excluding hydrogens is 364 g/mol. The van der Waals surface area contributed by atoms with Gasteiger partial charge in [0.05, 0.1) is 12.3 Å². The maximum absolute atomic E-state index is 12.7. The summed E-state index contributed by atoms with van der Waals surface area (Å²) in [5.74, 6) is 0. The molecule has 0 aromatic heterocycles. The first-order valence-corrected chi connectivity index (χ1v) is 10.0. The van der Waals surface area contributed by atoms with E-state index >= 15 is 0 Å². The van der Waals surface area contributed by atoms with Gasteiger partial charge in [0.15, 0.2) is 6.10 Å². The van der Waals surface area contributed by atoms with Crippen LogP contribution in [0.4, 0.5) is 10.5 Å². The van der Waals surface area contributed by atoms with Gasteiger partial charge >= 0.3 is 6.03 Å². The molecule has 1 N–H and O–H groups in total. The Morgan fingerprint density at radius 3 is 2.45 bits per heavy atom. The number of nitrogens with one attached hydrogen (secondary N) is 1. The Morgan fingerprint density at radius 1 is 1.14 bits per heavy atom. The van der Waals surface area contributed by atoms with Crippen molar-refractivity contribution >= 4 is 17.4 Å². The van der Waals surface area contributed by atoms with Crippen LogP contribution in [0.25, 0.3) is 0 Å². The Kier molecular flexibility index (Phi) is 6.75. The monoisotopic (exact) mass is 394 g/mol. The topological polar surface area (TPSA) is 57.2 Å². The second-order valence-corrected chi connectivity index (χ2v) is 7.88. The van der Waals surface area contributed by atoms with Crippen LogP contribution in [0.15, 0.2) is 59.8 Å². The first-order chi connectivity index (χ1) is 13.9. The van der Waals surface area contributed by atoms with E-state index in [0.717, 1.165) is 22.5 Å². The number of carbonyl (C=O) groups excluding carboxylic acids is 1. The molecule has 6 nitrogen and oxygen atoms in total. The zero-order chi connectivity index (χ0) is 20.8. The third kappa shape index (κ3) is 5.73. The molecule has 0 radical (unpaired) electrons. The first kappa shape index (κ1) is 20.7. The zero-order valence-electron chi connectivity index (χ0n) is 17.6. The summed E-state index contributed by atoms with van der Waals surface area (Å²) in [5, 5.41) is 7.27. The smallest absolute Gasteiger partial charge is 0.318 e. The highest BCUT2D eigenvalue weighted by Crippen LogP contribution is 2.21. The number of amides is 2. The Hall–Kier alpha value is -3.02. The molecule has 0 bridgehead atoms. The molecule has 1 aliphatic heterocycles. The van der Waals surface area contributed by atoms with E-state index in [0.29, 0.717) is 19.5 Å². The molecule has 2 amide bonds. The average molecular weight is 395 g/mol. The number of rotatable bonds is 7. The molecule has 154 valence electrons. The molecule has 0 saturated heterocycles. The largest absolute Gasteiger partial charge is 0.390 e. The predicted octanol–water partition coefficient (Wildman–Crippen LogP) is 3.87. The van der Waals surface area contributed by atoms with Crippen molar-refractivity contribution in [1.29, 1.82) is 0 Å². The molecule has 2 aromatic carbocycles. The molecule has 1 aliphatic rings. The molecule has 2 aromatic rings. The van der Waals surface area contributed by atoms with Gasteiger partial charge in [-0.1, -0.05) is 47.6 Å². The summed E-state index contributed by atoms with van der Waals surface area (Å²) in [5.41, 5.74) is 4.21. The minimum atomic E-state index is -0.153. The van der Waals surface area contributed by atoms with Gasteiger partial charge in [0.25, 0.3) is 0 Å². The fraction of sp³-hybridized carbons (Fsp3) is 0.391. The summed E-state index contributed by atoms with van der Waals surface area (Å²) in [6, 6.07) is 18.3. The molecule has 3 rings (SSSR count). The maximum Gasteiger partial charge on any atom is 0.318 e. The second kappa shape index (κ2) is 9.45. The van der Waals surface area contributed by atoms with Crippen LogP contribution in [-0.4, -0.2) is 49.4 Å². The fourth-order valence-corrected chi connectivity index (χ4v) is 3.26. The average Bonchev–Trinajstić information content (AvgIpc) is 3.16. The number of oxime groups is 1. The van der Waals surface area contributed by atoms with E-state index in [1.165, 1.54) is 0 Å². The Labute approximate surface area is 173 Å². The van der Waals surface area contributed by atoms with Crippen molar-refractivity contribution in [1.82, 2.24) is 10.2 Å². The van der Waals surface area contributed by atoms with E-state index in [2.05, 4.69) is 39.6 Å². The summed E-state index contributed by atoms with van der Waals surface area (Å²) in [6.07, 6.45) is 0.529. The number of benzene rings is 2. The van der Waals surface area contributed by atoms with Gasteiger partial charge in [-0.15, -0.1) is 0 Å². The van der Waals surface area contributed by atoms with Crippen molar-refractivity contribution < 1.29 is 9.63 Å². The van der Waals surface area contributed by atoms with E-state index in [9.17, 15) is 4.79 Å². The molecule has 0 spiro atoms. The van der Waals surface area contributed by atoms with Crippen molar-refractivity contribution in [2.45, 2.75) is 39.0 Å². The van der Waals surface area contributed by atoms with Gasteiger partial charge in [0.1, 0.15) is 0 Å². The van der Waals surface area contributed by atoms with Crippen molar-refractivity contribution in [2.24, 2.45) is 5.16 Å². The minimum absolute atomic E-state index is 0.0762. The zero-order valence-corrected chi connectivity index (χ0v) is 17.6. The van der Waals surface area contributed by atoms with Crippen LogP contribution in [0, 0.1) is 0 Å². The first-order valence-electron chi connectivity index (χ1n) is 10.0. The summed E-state index contributed by atoms with van der Waals surface area (Å²) < 4.78 is 0. The normalized spacial score (nSPS) is 15.6. The molecule has 6 heteroatoms. The van der Waals surface area contributed by atoms with Gasteiger partial charge in [-0.25, -0.2) is 4.79 Å². The van der Waals surface area contributed by atoms with E-state index in [1.807, 2.05) is 58.3 Å². The van der Waals surface area contributed by atoms with Crippen molar-refractivity contribution in [3.05, 3.63) is 65.7 Å². The van der Waals surface area contributed by atoms with Crippen LogP contribution in [0.1, 0.15) is 31.4 Å². The van der Waals surface area contributed by atoms with Crippen molar-refractivity contribution in [3.63, 3.8) is 0 Å². The van der Waals surface area contributed by atoms with E-state index < -0.39 is 0 Å². The van der Waals surface area contributed by atoms with Gasteiger partial charge in [-0.2, -0.15) is 0 Å². The molecule has 0 unspecified atom stereocenters. The van der Waals surface area contributed by atoms with Crippen LogP contribution >= 0.6 is 0 Å². The molecule has 29 heavy (non-hydrogen) atoms. The van der Waals surface area contributed by atoms with Crippen LogP contribution in [-0.2, 0) is 11.4 Å². The number of hydrogen-bond acceptors (Lipinski definition) is 4. The van der Waals surface area contributed by atoms with Crippen molar-refractivity contribution in [3.8, 4) is 0 Å². The lowest BCUT2D eigenvalue weighted by Crippen LogP contribution is -2.45. The fourth-order valence-electron chi connectivity index (χ4n) is 3.26. The second-order valence-electron chi connectivity index (χ2n) is 7.88. The molecule has 0 aliphatic carbocycles. The van der Waals surface area contributed by atoms with Crippen LogP contribution in [0.5, 0.6) is 0 Å². The van der Waals surface area contributed by atoms with Crippen LogP contribution in [0.2, 0.25) is 0 Å². The number of urea groups is 1. The Balaban J connectivity index is 1.64. The summed E-state index contributed by atoms with van der Waals surface area (Å²) in [6.45, 7) is 4.94. The number of nitrogens with zero attached hydrogens (tertiary/aromatic N) is 3. The minimum Gasteiger partial charge on any atom is -0.390 e. The van der Waals surface area contributed by atoms with E-state index in [1.54, 1.807) is 4.90 Å². The number of hydrogen-bond donors (Lipinski definition) is 1. The molecular formula is C23H30N4O2. The molecule has 0 fully saturated rings. The standard InChI is InChI=1S/C23H30N4O2/c1-17(2)24-23(28)27(15-18-8-6-5-7-9-18)16-21-14-22(25-29-21)19-10-12-20(13-11-19)26(3)4/h5-13,17,21H,14-16H2,1-4H3,(H,24,28)/t21-/m0/s1. The summed E-state index contributed by atoms with van der Waals surface area (Å²) in [4.78, 5) is 22.3. The highest BCUT2D eigenvalue weighted by Gasteiger charge is 2.27. The van der Waals surface area contributed by atoms with Crippen molar-refractivity contribution in [2.75, 3.05) is 25.5 Å². The van der Waals surface area contributed by atoms with Gasteiger partial charge in [-0.05, 0) is 37.1 Å². The summed E-state index contributed by atoms with van der Waals surface area (Å²) in [7, 11) is 4.04. The molecule has 1 atom stereocenters. The summed E-state index contributed by atoms with van der Waals surface area (Å²) >= 11 is 0. The predicted molar refractivity (Wildman–Crippen MR) is 117 cm³/mol. The van der Waals surface area contributed by atoms with Crippen LogP contribution in [0.3, 0.4) is 0 Å². The number of carbonyl (C=O) groups is 1. The lowest BCUT2D eigenvalue weighted by molar-refractivity contribution is 0.0586. The number of anilines is 1. The van der Waals surface area contributed by atoms with Gasteiger partial charge in [0.2, 0.25) is 0 Å². The highest BCUT2D eigenvalue weighted by molar-refractivity contribution is 6.01. The Bertz CT molecular complexity index is 832. The third-order valence-electron chi connectivity index (χ3n) is 4.79. The van der Waals surface area contributed by atoms with Gasteiger partial charge in [-0.3, -0.25) is 0 Å². The van der Waals surface area contributed by atoms with E-state index in [-0.39, 0.29) is 18.2 Å². The lowest BCUT2D eigenvalue weighted by Gasteiger charge is -2.26. The SMILES string of the molecule is CC(C)NC(=O)N(Cc1ccccc1)C[C@@H]1CC(c2ccc(N(C)C)cc2)=NO1.